The van der Waals surface area contributed by atoms with Crippen LogP contribution < -0.4 is 0 Å². The maximum Gasteiger partial charge on any atom is 0.123 e. The normalized spacial score (nSPS) is 11.5. The largest absolute Gasteiger partial charge is 0.255 e. The Hall–Kier alpha value is -1.95. The van der Waals surface area contributed by atoms with Crippen molar-refractivity contribution in [3.63, 3.8) is 0 Å². The van der Waals surface area contributed by atoms with Crippen LogP contribution >= 0.6 is 0 Å². The molecule has 2 nitrogen and oxygen atoms in total. The van der Waals surface area contributed by atoms with Crippen molar-refractivity contribution in [3.05, 3.63) is 41.3 Å². The van der Waals surface area contributed by atoms with Crippen molar-refractivity contribution < 1.29 is 4.39 Å². The minimum Gasteiger partial charge on any atom is -0.255 e. The van der Waals surface area contributed by atoms with Crippen molar-refractivity contribution in [2.45, 2.75) is 26.2 Å². The Morgan fingerprint density at radius 2 is 2.00 bits per heavy atom. The number of hydrogen-bond acceptors (Lipinski definition) is 2. The molecule has 0 atom stereocenters. The molecule has 0 spiro atoms. The molecular weight excluding hydrogens is 215 g/mol. The quantitative estimate of drug-likeness (QED) is 0.691. The lowest BCUT2D eigenvalue weighted by molar-refractivity contribution is 0.592. The van der Waals surface area contributed by atoms with Gasteiger partial charge in [0.2, 0.25) is 0 Å². The summed E-state index contributed by atoms with van der Waals surface area (Å²) in [6.07, 6.45) is 1.56. The van der Waals surface area contributed by atoms with Crippen LogP contribution in [0.2, 0.25) is 0 Å². The monoisotopic (exact) mass is 228 g/mol. The minimum absolute atomic E-state index is 0.222. The zero-order chi connectivity index (χ0) is 12.6. The summed E-state index contributed by atoms with van der Waals surface area (Å²) < 4.78 is 13.3. The molecule has 0 saturated heterocycles. The van der Waals surface area contributed by atoms with Gasteiger partial charge >= 0.3 is 0 Å². The highest BCUT2D eigenvalue weighted by molar-refractivity contribution is 5.85. The highest BCUT2D eigenvalue weighted by Crippen LogP contribution is 2.32. The summed E-state index contributed by atoms with van der Waals surface area (Å²) in [5.41, 5.74) is 1.86. The fourth-order valence-electron chi connectivity index (χ4n) is 2.06. The van der Waals surface area contributed by atoms with Gasteiger partial charge in [-0.15, -0.1) is 0 Å². The van der Waals surface area contributed by atoms with E-state index in [4.69, 9.17) is 5.26 Å². The van der Waals surface area contributed by atoms with E-state index in [2.05, 4.69) is 11.1 Å². The van der Waals surface area contributed by atoms with Gasteiger partial charge in [0.1, 0.15) is 11.9 Å². The van der Waals surface area contributed by atoms with E-state index < -0.39 is 0 Å². The Morgan fingerprint density at radius 1 is 1.29 bits per heavy atom. The number of nitrogens with zero attached hydrogens (tertiary/aromatic N) is 2. The van der Waals surface area contributed by atoms with Gasteiger partial charge in [-0.3, -0.25) is 4.98 Å². The Morgan fingerprint density at radius 3 is 2.59 bits per heavy atom. The van der Waals surface area contributed by atoms with Crippen molar-refractivity contribution in [2.75, 3.05) is 0 Å². The van der Waals surface area contributed by atoms with E-state index >= 15 is 0 Å². The first kappa shape index (κ1) is 11.5. The highest BCUT2D eigenvalue weighted by atomic mass is 19.1. The van der Waals surface area contributed by atoms with Gasteiger partial charge in [-0.2, -0.15) is 5.26 Å². The third-order valence-corrected chi connectivity index (χ3v) is 2.70. The number of aromatic nitrogens is 1. The molecule has 1 heterocycles. The molecule has 1 aromatic carbocycles. The van der Waals surface area contributed by atoms with Crippen molar-refractivity contribution in [1.82, 2.24) is 4.98 Å². The van der Waals surface area contributed by atoms with Gasteiger partial charge in [0, 0.05) is 11.6 Å². The Kier molecular flexibility index (Phi) is 2.59. The molecule has 2 aromatic rings. The van der Waals surface area contributed by atoms with E-state index in [1.807, 2.05) is 20.8 Å². The van der Waals surface area contributed by atoms with Crippen LogP contribution in [0.3, 0.4) is 0 Å². The van der Waals surface area contributed by atoms with Gasteiger partial charge in [0.15, 0.2) is 0 Å². The van der Waals surface area contributed by atoms with E-state index in [1.54, 1.807) is 12.3 Å². The molecule has 0 fully saturated rings. The molecule has 1 aromatic heterocycles. The lowest BCUT2D eigenvalue weighted by Gasteiger charge is -2.22. The van der Waals surface area contributed by atoms with Crippen molar-refractivity contribution in [3.8, 4) is 6.07 Å². The van der Waals surface area contributed by atoms with Gasteiger partial charge in [-0.05, 0) is 29.2 Å². The lowest BCUT2D eigenvalue weighted by atomic mass is 9.82. The fourth-order valence-corrected chi connectivity index (χ4v) is 2.06. The second kappa shape index (κ2) is 3.81. The SMILES string of the molecule is CC(C)(C)c1c(C#N)cnc2ccc(F)cc12. The van der Waals surface area contributed by atoms with Crippen molar-refractivity contribution in [2.24, 2.45) is 0 Å². The predicted octanol–water partition coefficient (Wildman–Crippen LogP) is 3.54. The molecule has 0 saturated carbocycles. The first-order valence-corrected chi connectivity index (χ1v) is 5.42. The molecule has 0 radical (unpaired) electrons. The zero-order valence-electron chi connectivity index (χ0n) is 10.1. The van der Waals surface area contributed by atoms with Crippen LogP contribution in [0.5, 0.6) is 0 Å². The Balaban J connectivity index is 2.93. The third kappa shape index (κ3) is 1.99. The molecule has 86 valence electrons. The molecule has 3 heteroatoms. The van der Waals surface area contributed by atoms with Crippen LogP contribution in [0.1, 0.15) is 31.9 Å². The summed E-state index contributed by atoms with van der Waals surface area (Å²) in [6.45, 7) is 6.02. The smallest absolute Gasteiger partial charge is 0.123 e. The Labute approximate surface area is 99.7 Å². The summed E-state index contributed by atoms with van der Waals surface area (Å²) in [5.74, 6) is -0.306. The standard InChI is InChI=1S/C14H13FN2/c1-14(2,3)13-9(7-16)8-17-12-5-4-10(15)6-11(12)13/h4-6,8H,1-3H3. The second-order valence-electron chi connectivity index (χ2n) is 5.07. The fraction of sp³-hybridized carbons (Fsp3) is 0.286. The number of hydrogen-bond donors (Lipinski definition) is 0. The van der Waals surface area contributed by atoms with Gasteiger partial charge in [-0.1, -0.05) is 20.8 Å². The van der Waals surface area contributed by atoms with Crippen LogP contribution in [-0.4, -0.2) is 4.98 Å². The Bertz CT molecular complexity index is 618. The van der Waals surface area contributed by atoms with Gasteiger partial charge in [0.25, 0.3) is 0 Å². The first-order valence-electron chi connectivity index (χ1n) is 5.42. The number of rotatable bonds is 0. The summed E-state index contributed by atoms with van der Waals surface area (Å²) in [4.78, 5) is 4.18. The molecule has 0 amide bonds. The molecule has 17 heavy (non-hydrogen) atoms. The van der Waals surface area contributed by atoms with Crippen LogP contribution in [0.4, 0.5) is 4.39 Å². The number of fused-ring (bicyclic) bond motifs is 1. The van der Waals surface area contributed by atoms with Crippen molar-refractivity contribution >= 4 is 10.9 Å². The molecule has 2 rings (SSSR count). The van der Waals surface area contributed by atoms with Gasteiger partial charge in [-0.25, -0.2) is 4.39 Å². The van der Waals surface area contributed by atoms with Gasteiger partial charge in [0.05, 0.1) is 11.1 Å². The molecule has 0 N–H and O–H groups in total. The molecule has 0 aliphatic carbocycles. The van der Waals surface area contributed by atoms with Crippen LogP contribution in [-0.2, 0) is 5.41 Å². The molecular formula is C14H13FN2. The maximum atomic E-state index is 13.3. The van der Waals surface area contributed by atoms with Crippen LogP contribution in [0.25, 0.3) is 10.9 Å². The number of halogens is 1. The first-order chi connectivity index (χ1) is 7.93. The summed E-state index contributed by atoms with van der Waals surface area (Å²) in [6, 6.07) is 6.60. The van der Waals surface area contributed by atoms with Gasteiger partial charge < -0.3 is 0 Å². The van der Waals surface area contributed by atoms with E-state index in [9.17, 15) is 4.39 Å². The van der Waals surface area contributed by atoms with Crippen LogP contribution in [0.15, 0.2) is 24.4 Å². The summed E-state index contributed by atoms with van der Waals surface area (Å²) in [7, 11) is 0. The van der Waals surface area contributed by atoms with E-state index in [1.165, 1.54) is 12.1 Å². The second-order valence-corrected chi connectivity index (χ2v) is 5.07. The summed E-state index contributed by atoms with van der Waals surface area (Å²) >= 11 is 0. The van der Waals surface area contributed by atoms with Crippen molar-refractivity contribution in [1.29, 1.82) is 5.26 Å². The molecule has 0 unspecified atom stereocenters. The molecule has 0 aliphatic heterocycles. The zero-order valence-corrected chi connectivity index (χ0v) is 10.1. The highest BCUT2D eigenvalue weighted by Gasteiger charge is 2.21. The van der Waals surface area contributed by atoms with E-state index in [-0.39, 0.29) is 11.2 Å². The lowest BCUT2D eigenvalue weighted by Crippen LogP contribution is -2.14. The summed E-state index contributed by atoms with van der Waals surface area (Å²) in [5, 5.41) is 9.85. The predicted molar refractivity (Wildman–Crippen MR) is 65.1 cm³/mol. The topological polar surface area (TPSA) is 36.7 Å². The minimum atomic E-state index is -0.306. The number of benzene rings is 1. The maximum absolute atomic E-state index is 13.3. The third-order valence-electron chi connectivity index (χ3n) is 2.70. The van der Waals surface area contributed by atoms with E-state index in [0.29, 0.717) is 5.56 Å². The number of pyridine rings is 1. The van der Waals surface area contributed by atoms with E-state index in [0.717, 1.165) is 16.5 Å². The average Bonchev–Trinajstić information content (AvgIpc) is 2.25. The number of nitriles is 1. The molecule has 0 bridgehead atoms. The molecule has 0 aliphatic rings. The van der Waals surface area contributed by atoms with Crippen LogP contribution in [0, 0.1) is 17.1 Å². The average molecular weight is 228 g/mol.